The van der Waals surface area contributed by atoms with Crippen LogP contribution in [0.25, 0.3) is 0 Å². The van der Waals surface area contributed by atoms with Gasteiger partial charge in [0.25, 0.3) is 0 Å². The molecule has 0 saturated heterocycles. The summed E-state index contributed by atoms with van der Waals surface area (Å²) in [5, 5.41) is 3.39. The smallest absolute Gasteiger partial charge is 0.220 e. The second kappa shape index (κ2) is 6.91. The van der Waals surface area contributed by atoms with E-state index in [1.165, 1.54) is 4.88 Å². The van der Waals surface area contributed by atoms with Crippen molar-refractivity contribution in [2.45, 2.75) is 19.4 Å². The van der Waals surface area contributed by atoms with E-state index in [4.69, 9.17) is 10.5 Å². The second-order valence-corrected chi connectivity index (χ2v) is 5.28. The summed E-state index contributed by atoms with van der Waals surface area (Å²) in [6, 6.07) is 7.82. The number of nitrogens with two attached hydrogens (primary N) is 1. The Morgan fingerprint density at radius 1 is 1.45 bits per heavy atom. The van der Waals surface area contributed by atoms with Crippen molar-refractivity contribution in [1.29, 1.82) is 0 Å². The average molecular weight is 291 g/mol. The molecule has 106 valence electrons. The third kappa shape index (κ3) is 4.24. The van der Waals surface area contributed by atoms with Gasteiger partial charge in [0.05, 0.1) is 24.6 Å². The summed E-state index contributed by atoms with van der Waals surface area (Å²) in [5.41, 5.74) is 7.88. The number of anilines is 1. The van der Waals surface area contributed by atoms with Crippen LogP contribution in [0.3, 0.4) is 0 Å². The van der Waals surface area contributed by atoms with Crippen molar-refractivity contribution in [2.24, 2.45) is 5.73 Å². The Morgan fingerprint density at radius 2 is 2.20 bits per heavy atom. The van der Waals surface area contributed by atoms with Crippen LogP contribution in [-0.4, -0.2) is 17.5 Å². The van der Waals surface area contributed by atoms with Gasteiger partial charge in [0, 0.05) is 16.8 Å². The summed E-state index contributed by atoms with van der Waals surface area (Å²) in [4.78, 5) is 15.9. The summed E-state index contributed by atoms with van der Waals surface area (Å²) in [6.07, 6.45) is 2.09. The molecule has 1 atom stereocenters. The first-order valence-corrected chi connectivity index (χ1v) is 7.19. The Hall–Kier alpha value is -2.08. The molecule has 1 unspecified atom stereocenters. The maximum Gasteiger partial charge on any atom is 0.220 e. The number of thiazole rings is 1. The van der Waals surface area contributed by atoms with E-state index < -0.39 is 0 Å². The number of primary amides is 1. The molecule has 0 aliphatic carbocycles. The Labute approximate surface area is 121 Å². The van der Waals surface area contributed by atoms with Crippen molar-refractivity contribution < 1.29 is 9.53 Å². The van der Waals surface area contributed by atoms with E-state index in [-0.39, 0.29) is 18.4 Å². The van der Waals surface area contributed by atoms with Crippen LogP contribution in [0.15, 0.2) is 36.0 Å². The van der Waals surface area contributed by atoms with Crippen molar-refractivity contribution in [3.63, 3.8) is 0 Å². The number of carbonyl (C=O) groups excluding carboxylic acids is 1. The lowest BCUT2D eigenvalue weighted by Gasteiger charge is -2.13. The maximum absolute atomic E-state index is 10.6. The predicted octanol–water partition coefficient (Wildman–Crippen LogP) is 2.57. The number of benzene rings is 1. The second-order valence-electron chi connectivity index (χ2n) is 4.36. The number of rotatable bonds is 7. The largest absolute Gasteiger partial charge is 0.493 e. The topological polar surface area (TPSA) is 77.2 Å². The normalized spacial score (nSPS) is 11.8. The van der Waals surface area contributed by atoms with Crippen LogP contribution in [0.5, 0.6) is 5.75 Å². The fraction of sp³-hybridized carbons (Fsp3) is 0.286. The summed E-state index contributed by atoms with van der Waals surface area (Å²) < 4.78 is 5.41. The molecule has 1 aromatic carbocycles. The lowest BCUT2D eigenvalue weighted by atomic mass is 10.2. The zero-order chi connectivity index (χ0) is 14.4. The van der Waals surface area contributed by atoms with E-state index in [1.54, 1.807) is 11.3 Å². The number of amides is 1. The number of hydrogen-bond donors (Lipinski definition) is 2. The van der Waals surface area contributed by atoms with Crippen molar-refractivity contribution in [3.8, 4) is 5.75 Å². The molecule has 2 aromatic rings. The number of ether oxygens (including phenoxy) is 1. The highest BCUT2D eigenvalue weighted by atomic mass is 32.1. The fourth-order valence-electron chi connectivity index (χ4n) is 1.68. The van der Waals surface area contributed by atoms with Crippen molar-refractivity contribution in [3.05, 3.63) is 40.8 Å². The summed E-state index contributed by atoms with van der Waals surface area (Å²) >= 11 is 1.63. The molecule has 2 rings (SSSR count). The standard InChI is InChI=1S/C14H17N3O2S/c1-10(13-8-16-9-20-13)17-11-2-4-12(5-3-11)19-7-6-14(15)18/h2-5,8-10,17H,6-7H2,1H3,(H2,15,18). The van der Waals surface area contributed by atoms with Crippen LogP contribution in [0.2, 0.25) is 0 Å². The highest BCUT2D eigenvalue weighted by molar-refractivity contribution is 7.09. The third-order valence-electron chi connectivity index (χ3n) is 2.73. The van der Waals surface area contributed by atoms with Gasteiger partial charge in [-0.15, -0.1) is 11.3 Å². The van der Waals surface area contributed by atoms with E-state index >= 15 is 0 Å². The fourth-order valence-corrected chi connectivity index (χ4v) is 2.31. The Bertz CT molecular complexity index is 540. The molecule has 5 nitrogen and oxygen atoms in total. The SMILES string of the molecule is CC(Nc1ccc(OCCC(N)=O)cc1)c1cncs1. The lowest BCUT2D eigenvalue weighted by Crippen LogP contribution is -2.14. The van der Waals surface area contributed by atoms with Gasteiger partial charge < -0.3 is 15.8 Å². The van der Waals surface area contributed by atoms with Gasteiger partial charge in [-0.2, -0.15) is 0 Å². The van der Waals surface area contributed by atoms with Crippen LogP contribution in [0, 0.1) is 0 Å². The van der Waals surface area contributed by atoms with E-state index in [1.807, 2.05) is 36.0 Å². The van der Waals surface area contributed by atoms with Gasteiger partial charge in [0.1, 0.15) is 5.75 Å². The van der Waals surface area contributed by atoms with Crippen LogP contribution in [0.4, 0.5) is 5.69 Å². The molecule has 6 heteroatoms. The first kappa shape index (κ1) is 14.3. The van der Waals surface area contributed by atoms with Gasteiger partial charge in [0.15, 0.2) is 0 Å². The molecule has 20 heavy (non-hydrogen) atoms. The van der Waals surface area contributed by atoms with Crippen LogP contribution >= 0.6 is 11.3 Å². The van der Waals surface area contributed by atoms with Gasteiger partial charge in [0.2, 0.25) is 5.91 Å². The minimum Gasteiger partial charge on any atom is -0.493 e. The Balaban J connectivity index is 1.86. The molecule has 0 spiro atoms. The molecule has 0 aliphatic rings. The number of carbonyl (C=O) groups is 1. The van der Waals surface area contributed by atoms with Gasteiger partial charge in [-0.1, -0.05) is 0 Å². The third-order valence-corrected chi connectivity index (χ3v) is 3.69. The van der Waals surface area contributed by atoms with Crippen molar-refractivity contribution in [1.82, 2.24) is 4.98 Å². The first-order valence-electron chi connectivity index (χ1n) is 6.31. The molecule has 3 N–H and O–H groups in total. The molecule has 0 fully saturated rings. The monoisotopic (exact) mass is 291 g/mol. The molecule has 0 saturated carbocycles. The van der Waals surface area contributed by atoms with E-state index in [9.17, 15) is 4.79 Å². The molecular formula is C14H17N3O2S. The van der Waals surface area contributed by atoms with Crippen LogP contribution in [0.1, 0.15) is 24.3 Å². The molecule has 1 amide bonds. The molecule has 1 aromatic heterocycles. The summed E-state index contributed by atoms with van der Waals surface area (Å²) in [6.45, 7) is 2.39. The van der Waals surface area contributed by atoms with Gasteiger partial charge >= 0.3 is 0 Å². The highest BCUT2D eigenvalue weighted by Crippen LogP contribution is 2.23. The number of aromatic nitrogens is 1. The molecule has 1 heterocycles. The van der Waals surface area contributed by atoms with E-state index in [2.05, 4.69) is 17.2 Å². The lowest BCUT2D eigenvalue weighted by molar-refractivity contribution is -0.118. The zero-order valence-corrected chi connectivity index (χ0v) is 12.0. The summed E-state index contributed by atoms with van der Waals surface area (Å²) in [7, 11) is 0. The minimum atomic E-state index is -0.360. The quantitative estimate of drug-likeness (QED) is 0.822. The number of hydrogen-bond acceptors (Lipinski definition) is 5. The molecular weight excluding hydrogens is 274 g/mol. The number of nitrogens with zero attached hydrogens (tertiary/aromatic N) is 1. The first-order chi connectivity index (χ1) is 9.65. The van der Waals surface area contributed by atoms with Crippen LogP contribution < -0.4 is 15.8 Å². The van der Waals surface area contributed by atoms with Gasteiger partial charge in [-0.3, -0.25) is 9.78 Å². The minimum absolute atomic E-state index is 0.212. The van der Waals surface area contributed by atoms with E-state index in [0.717, 1.165) is 11.4 Å². The number of nitrogens with one attached hydrogen (secondary N) is 1. The predicted molar refractivity (Wildman–Crippen MR) is 79.9 cm³/mol. The van der Waals surface area contributed by atoms with E-state index in [0.29, 0.717) is 6.61 Å². The van der Waals surface area contributed by atoms with Crippen LogP contribution in [-0.2, 0) is 4.79 Å². The van der Waals surface area contributed by atoms with Crippen molar-refractivity contribution in [2.75, 3.05) is 11.9 Å². The maximum atomic E-state index is 10.6. The zero-order valence-electron chi connectivity index (χ0n) is 11.2. The van der Waals surface area contributed by atoms with Crippen molar-refractivity contribution >= 4 is 22.9 Å². The van der Waals surface area contributed by atoms with Gasteiger partial charge in [-0.25, -0.2) is 0 Å². The highest BCUT2D eigenvalue weighted by Gasteiger charge is 2.06. The Morgan fingerprint density at radius 3 is 2.80 bits per heavy atom. The average Bonchev–Trinajstić information content (AvgIpc) is 2.94. The molecule has 0 bridgehead atoms. The summed E-state index contributed by atoms with van der Waals surface area (Å²) in [5.74, 6) is 0.365. The molecule has 0 aliphatic heterocycles. The molecule has 0 radical (unpaired) electrons. The Kier molecular flexibility index (Phi) is 4.95. The van der Waals surface area contributed by atoms with Gasteiger partial charge in [-0.05, 0) is 31.2 Å².